The topological polar surface area (TPSA) is 139 Å². The van der Waals surface area contributed by atoms with Crippen LogP contribution in [0.4, 0.5) is 5.95 Å². The molecule has 5 aromatic rings. The van der Waals surface area contributed by atoms with Gasteiger partial charge in [0.1, 0.15) is 24.9 Å². The zero-order chi connectivity index (χ0) is 35.8. The Balaban J connectivity index is 1.26. The molecule has 3 heterocycles. The number of carbonyl (C=O) groups excluding carboxylic acids is 1. The number of amides is 1. The first-order valence-corrected chi connectivity index (χ1v) is 18.8. The largest absolute Gasteiger partial charge is 0.484 e. The van der Waals surface area contributed by atoms with Crippen molar-refractivity contribution in [1.29, 1.82) is 0 Å². The van der Waals surface area contributed by atoms with E-state index in [1.54, 1.807) is 22.8 Å². The van der Waals surface area contributed by atoms with Crippen molar-refractivity contribution in [3.63, 3.8) is 0 Å². The maximum Gasteiger partial charge on any atom is 0.280 e. The average molecular weight is 710 g/mol. The third kappa shape index (κ3) is 8.03. The van der Waals surface area contributed by atoms with Crippen molar-refractivity contribution < 1.29 is 28.2 Å². The van der Waals surface area contributed by atoms with Crippen molar-refractivity contribution >= 4 is 41.7 Å². The van der Waals surface area contributed by atoms with Crippen molar-refractivity contribution in [2.75, 3.05) is 31.9 Å². The molecule has 6 rings (SSSR count). The Morgan fingerprint density at radius 2 is 1.69 bits per heavy atom. The van der Waals surface area contributed by atoms with Gasteiger partial charge in [0, 0.05) is 6.42 Å². The zero-order valence-electron chi connectivity index (χ0n) is 29.0. The van der Waals surface area contributed by atoms with Crippen LogP contribution in [0, 0.1) is 0 Å². The summed E-state index contributed by atoms with van der Waals surface area (Å²) in [6, 6.07) is 29.7. The number of imidazole rings is 1. The van der Waals surface area contributed by atoms with E-state index in [0.29, 0.717) is 18.8 Å². The molecule has 3 atom stereocenters. The fourth-order valence-electron chi connectivity index (χ4n) is 6.46. The molecule has 1 aliphatic heterocycles. The van der Waals surface area contributed by atoms with Gasteiger partial charge in [-0.2, -0.15) is 4.98 Å². The Morgan fingerprint density at radius 3 is 2.31 bits per heavy atom. The summed E-state index contributed by atoms with van der Waals surface area (Å²) in [6.07, 6.45) is 2.04. The minimum absolute atomic E-state index is 0.0340. The molecule has 0 aliphatic carbocycles. The number of para-hydroxylation sites is 1. The minimum atomic E-state index is -2.89. The van der Waals surface area contributed by atoms with E-state index in [9.17, 15) is 9.59 Å². The van der Waals surface area contributed by atoms with Gasteiger partial charge in [0.15, 0.2) is 17.8 Å². The second-order valence-electron chi connectivity index (χ2n) is 13.2. The first kappa shape index (κ1) is 35.9. The van der Waals surface area contributed by atoms with E-state index in [4.69, 9.17) is 23.4 Å². The maximum atomic E-state index is 13.0. The molecule has 3 aromatic carbocycles. The van der Waals surface area contributed by atoms with Gasteiger partial charge in [-0.1, -0.05) is 106 Å². The molecule has 0 radical (unpaired) electrons. The number of anilines is 1. The Labute approximate surface area is 297 Å². The van der Waals surface area contributed by atoms with Crippen molar-refractivity contribution in [3.05, 3.63) is 120 Å². The smallest absolute Gasteiger partial charge is 0.280 e. The van der Waals surface area contributed by atoms with E-state index in [1.807, 2.05) is 54.6 Å². The molecule has 0 unspecified atom stereocenters. The van der Waals surface area contributed by atoms with E-state index in [2.05, 4.69) is 71.9 Å². The summed E-state index contributed by atoms with van der Waals surface area (Å²) in [7, 11) is -2.89. The Bertz CT molecular complexity index is 1930. The molecular weight excluding hydrogens is 667 g/mol. The highest BCUT2D eigenvalue weighted by atomic mass is 28.4. The number of benzene rings is 3. The van der Waals surface area contributed by atoms with Crippen LogP contribution in [0.15, 0.2) is 115 Å². The fourth-order valence-corrected chi connectivity index (χ4v) is 11.0. The van der Waals surface area contributed by atoms with Crippen molar-refractivity contribution in [3.8, 4) is 5.75 Å². The van der Waals surface area contributed by atoms with Crippen LogP contribution in [0.5, 0.6) is 5.75 Å². The minimum Gasteiger partial charge on any atom is -0.484 e. The number of ether oxygens (including phenoxy) is 4. The molecule has 1 saturated heterocycles. The standard InChI is InChI=1S/C38H43N5O7Si/c1-5-21-46-26-48-30-22-33(43-25-39-34-35(43)41-37(42-36(34)45)40-32(44)24-47-27-15-9-6-10-16-27)50-31(30)23-49-51(38(2,3)4,28-17-11-7-12-18-28)29-19-13-8-14-20-29/h5-20,25,30-31,33H,1,21-24,26H2,2-4H3,(H2,40,41,42,44,45)/t30-,31-,33-/m1/s1. The van der Waals surface area contributed by atoms with Crippen LogP contribution in [0.1, 0.15) is 33.4 Å². The van der Waals surface area contributed by atoms with E-state index < -0.39 is 38.2 Å². The second kappa shape index (κ2) is 16.0. The van der Waals surface area contributed by atoms with Crippen LogP contribution >= 0.6 is 0 Å². The number of hydrogen-bond acceptors (Lipinski definition) is 9. The van der Waals surface area contributed by atoms with Gasteiger partial charge in [-0.25, -0.2) is 4.98 Å². The van der Waals surface area contributed by atoms with Gasteiger partial charge in [-0.3, -0.25) is 24.5 Å². The second-order valence-corrected chi connectivity index (χ2v) is 17.5. The van der Waals surface area contributed by atoms with Gasteiger partial charge in [-0.05, 0) is 27.5 Å². The van der Waals surface area contributed by atoms with Gasteiger partial charge in [0.05, 0.1) is 25.6 Å². The molecule has 0 bridgehead atoms. The maximum absolute atomic E-state index is 13.0. The molecule has 12 nitrogen and oxygen atoms in total. The van der Waals surface area contributed by atoms with Crippen LogP contribution in [0.2, 0.25) is 5.04 Å². The molecule has 1 amide bonds. The van der Waals surface area contributed by atoms with E-state index >= 15 is 0 Å². The number of nitrogens with one attached hydrogen (secondary N) is 2. The fraction of sp³-hybridized carbons (Fsp3) is 0.316. The van der Waals surface area contributed by atoms with E-state index in [-0.39, 0.29) is 42.2 Å². The molecule has 1 aliphatic rings. The third-order valence-electron chi connectivity index (χ3n) is 8.78. The van der Waals surface area contributed by atoms with Crippen LogP contribution in [0.3, 0.4) is 0 Å². The van der Waals surface area contributed by atoms with Crippen molar-refractivity contribution in [2.24, 2.45) is 0 Å². The lowest BCUT2D eigenvalue weighted by Crippen LogP contribution is -2.67. The lowest BCUT2D eigenvalue weighted by molar-refractivity contribution is -0.118. The number of carbonyl (C=O) groups is 1. The molecule has 266 valence electrons. The molecule has 2 aromatic heterocycles. The Morgan fingerprint density at radius 1 is 1.04 bits per heavy atom. The predicted molar refractivity (Wildman–Crippen MR) is 197 cm³/mol. The summed E-state index contributed by atoms with van der Waals surface area (Å²) in [5.41, 5.74) is -0.151. The normalized spacial score (nSPS) is 17.7. The molecule has 13 heteroatoms. The van der Waals surface area contributed by atoms with Crippen LogP contribution in [0.25, 0.3) is 11.2 Å². The molecule has 1 fully saturated rings. The number of fused-ring (bicyclic) bond motifs is 1. The highest BCUT2D eigenvalue weighted by molar-refractivity contribution is 6.99. The van der Waals surface area contributed by atoms with Crippen molar-refractivity contribution in [2.45, 2.75) is 50.7 Å². The van der Waals surface area contributed by atoms with Gasteiger partial charge in [0.2, 0.25) is 5.95 Å². The summed E-state index contributed by atoms with van der Waals surface area (Å²) in [5, 5.41) is 4.68. The summed E-state index contributed by atoms with van der Waals surface area (Å²) >= 11 is 0. The van der Waals surface area contributed by atoms with E-state index in [0.717, 1.165) is 10.4 Å². The van der Waals surface area contributed by atoms with E-state index in [1.165, 1.54) is 6.33 Å². The summed E-state index contributed by atoms with van der Waals surface area (Å²) < 4.78 is 32.9. The summed E-state index contributed by atoms with van der Waals surface area (Å²) in [4.78, 5) is 37.2. The van der Waals surface area contributed by atoms with Crippen molar-refractivity contribution in [1.82, 2.24) is 19.5 Å². The number of rotatable bonds is 15. The van der Waals surface area contributed by atoms with Gasteiger partial charge in [-0.15, -0.1) is 6.58 Å². The average Bonchev–Trinajstić information content (AvgIpc) is 3.74. The molecule has 0 spiro atoms. The lowest BCUT2D eigenvalue weighted by Gasteiger charge is -2.43. The number of aromatic amines is 1. The highest BCUT2D eigenvalue weighted by Gasteiger charge is 2.51. The van der Waals surface area contributed by atoms with Crippen LogP contribution < -0.4 is 26.0 Å². The van der Waals surface area contributed by atoms with Crippen LogP contribution in [-0.2, 0) is 23.4 Å². The predicted octanol–water partition coefficient (Wildman–Crippen LogP) is 4.55. The SMILES string of the molecule is C=CCOCO[C@@H]1C[C@H](n2cnc3c(=O)[nH]c(NC(=O)COc4ccccc4)nc32)O[C@@H]1CO[Si](c1ccccc1)(c1ccccc1)C(C)(C)C. The quantitative estimate of drug-likeness (QED) is 0.0694. The van der Waals surface area contributed by atoms with Gasteiger partial charge < -0.3 is 23.4 Å². The first-order chi connectivity index (χ1) is 24.7. The van der Waals surface area contributed by atoms with Gasteiger partial charge >= 0.3 is 0 Å². The number of nitrogens with zero attached hydrogens (tertiary/aromatic N) is 3. The monoisotopic (exact) mass is 709 g/mol. The number of hydrogen-bond donors (Lipinski definition) is 2. The first-order valence-electron chi connectivity index (χ1n) is 16.8. The summed E-state index contributed by atoms with van der Waals surface area (Å²) in [5.74, 6) is 0.0188. The number of H-pyrrole nitrogens is 1. The molecule has 0 saturated carbocycles. The highest BCUT2D eigenvalue weighted by Crippen LogP contribution is 2.39. The number of aromatic nitrogens is 4. The molecule has 51 heavy (non-hydrogen) atoms. The zero-order valence-corrected chi connectivity index (χ0v) is 30.0. The molecular formula is C38H43N5O7Si. The molecule has 2 N–H and O–H groups in total. The third-order valence-corrected chi connectivity index (χ3v) is 13.8. The summed E-state index contributed by atoms with van der Waals surface area (Å²) in [6.45, 7) is 10.7. The Hall–Kier alpha value is -4.92. The Kier molecular flexibility index (Phi) is 11.2. The van der Waals surface area contributed by atoms with Gasteiger partial charge in [0.25, 0.3) is 19.8 Å². The van der Waals surface area contributed by atoms with Crippen LogP contribution in [-0.4, -0.2) is 72.6 Å². The lowest BCUT2D eigenvalue weighted by atomic mass is 10.2.